The Balaban J connectivity index is 1.98. The molecule has 2 aliphatic heterocycles. The normalized spacial score (nSPS) is 18.6. The van der Waals surface area contributed by atoms with Gasteiger partial charge in [-0.1, -0.05) is 23.2 Å². The van der Waals surface area contributed by atoms with Crippen LogP contribution >= 0.6 is 23.2 Å². The van der Waals surface area contributed by atoms with Crippen molar-refractivity contribution in [1.82, 2.24) is 10.2 Å². The van der Waals surface area contributed by atoms with Crippen molar-refractivity contribution in [3.8, 4) is 6.07 Å². The largest absolute Gasteiger partial charge is 0.465 e. The van der Waals surface area contributed by atoms with Gasteiger partial charge < -0.3 is 15.0 Å². The molecule has 0 saturated carbocycles. The van der Waals surface area contributed by atoms with Gasteiger partial charge in [-0.2, -0.15) is 5.26 Å². The standard InChI is InChI=1S/C19H17Cl2N3O2/c1-10-6-11(9-22)23-18-14(10)7-12(24(18)2)8-15-16(20)5-4-13(17(15)21)19(25)26-3/h4-7,18,23H,8H2,1-3H3. The zero-order valence-corrected chi connectivity index (χ0v) is 16.1. The summed E-state index contributed by atoms with van der Waals surface area (Å²) in [6.45, 7) is 1.98. The zero-order chi connectivity index (χ0) is 19.0. The smallest absolute Gasteiger partial charge is 0.339 e. The Labute approximate surface area is 162 Å². The molecule has 1 aromatic carbocycles. The molecule has 26 heavy (non-hydrogen) atoms. The first-order valence-corrected chi connectivity index (χ1v) is 8.70. The molecule has 7 heteroatoms. The first-order valence-electron chi connectivity index (χ1n) is 7.95. The van der Waals surface area contributed by atoms with E-state index in [1.165, 1.54) is 7.11 Å². The van der Waals surface area contributed by atoms with Crippen molar-refractivity contribution >= 4 is 29.2 Å². The third-order valence-corrected chi connectivity index (χ3v) is 5.42. The number of dihydropyridines is 1. The van der Waals surface area contributed by atoms with Crippen LogP contribution in [0.4, 0.5) is 0 Å². The number of allylic oxidation sites excluding steroid dienone is 4. The van der Waals surface area contributed by atoms with Crippen LogP contribution in [0.3, 0.4) is 0 Å². The summed E-state index contributed by atoms with van der Waals surface area (Å²) in [4.78, 5) is 13.9. The van der Waals surface area contributed by atoms with Gasteiger partial charge in [0, 0.05) is 24.2 Å². The van der Waals surface area contributed by atoms with Crippen LogP contribution in [0, 0.1) is 11.3 Å². The van der Waals surface area contributed by atoms with E-state index in [1.54, 1.807) is 12.1 Å². The lowest BCUT2D eigenvalue weighted by molar-refractivity contribution is 0.0601. The lowest BCUT2D eigenvalue weighted by Crippen LogP contribution is -2.42. The Bertz CT molecular complexity index is 925. The number of hydrogen-bond acceptors (Lipinski definition) is 5. The molecule has 0 amide bonds. The predicted octanol–water partition coefficient (Wildman–Crippen LogP) is 3.81. The predicted molar refractivity (Wildman–Crippen MR) is 101 cm³/mol. The third-order valence-electron chi connectivity index (χ3n) is 4.64. The van der Waals surface area contributed by atoms with Gasteiger partial charge in [-0.15, -0.1) is 0 Å². The summed E-state index contributed by atoms with van der Waals surface area (Å²) in [5.41, 5.74) is 4.59. The van der Waals surface area contributed by atoms with Crippen LogP contribution in [-0.2, 0) is 11.2 Å². The fourth-order valence-corrected chi connectivity index (χ4v) is 3.76. The first kappa shape index (κ1) is 18.4. The second-order valence-corrected chi connectivity index (χ2v) is 6.94. The number of fused-ring (bicyclic) bond motifs is 1. The fourth-order valence-electron chi connectivity index (χ4n) is 3.18. The van der Waals surface area contributed by atoms with Crippen molar-refractivity contribution in [1.29, 1.82) is 5.26 Å². The number of methoxy groups -OCH3 is 1. The summed E-state index contributed by atoms with van der Waals surface area (Å²) >= 11 is 12.8. The molecule has 0 fully saturated rings. The SMILES string of the molecule is COC(=O)c1ccc(Cl)c(CC2=CC3=C(C)C=C(C#N)NC3N2C)c1Cl. The summed E-state index contributed by atoms with van der Waals surface area (Å²) in [6, 6.07) is 5.36. The molecular formula is C19H17Cl2N3O2. The molecule has 0 aliphatic carbocycles. The number of esters is 1. The molecule has 0 bridgehead atoms. The van der Waals surface area contributed by atoms with Crippen molar-refractivity contribution in [2.75, 3.05) is 14.2 Å². The van der Waals surface area contributed by atoms with E-state index in [1.807, 2.05) is 24.9 Å². The Morgan fingerprint density at radius 3 is 2.77 bits per heavy atom. The monoisotopic (exact) mass is 389 g/mol. The lowest BCUT2D eigenvalue weighted by atomic mass is 10.0. The number of likely N-dealkylation sites (N-methyl/N-ethyl adjacent to an activating group) is 1. The number of carbonyl (C=O) groups is 1. The van der Waals surface area contributed by atoms with Crippen LogP contribution in [0.15, 0.2) is 46.8 Å². The minimum atomic E-state index is -0.501. The highest BCUT2D eigenvalue weighted by atomic mass is 35.5. The number of hydrogen-bond donors (Lipinski definition) is 1. The maximum atomic E-state index is 11.9. The van der Waals surface area contributed by atoms with Gasteiger partial charge in [0.15, 0.2) is 0 Å². The third kappa shape index (κ3) is 3.07. The minimum Gasteiger partial charge on any atom is -0.465 e. The molecule has 2 heterocycles. The number of carbonyl (C=O) groups excluding carboxylic acids is 1. The van der Waals surface area contributed by atoms with E-state index in [-0.39, 0.29) is 11.7 Å². The molecule has 0 saturated heterocycles. The minimum absolute atomic E-state index is 0.106. The van der Waals surface area contributed by atoms with Gasteiger partial charge >= 0.3 is 5.97 Å². The van der Waals surface area contributed by atoms with Gasteiger partial charge in [0.25, 0.3) is 0 Å². The van der Waals surface area contributed by atoms with Gasteiger partial charge in [-0.3, -0.25) is 0 Å². The number of nitrogens with one attached hydrogen (secondary N) is 1. The molecule has 0 radical (unpaired) electrons. The summed E-state index contributed by atoms with van der Waals surface area (Å²) in [5, 5.41) is 13.2. The van der Waals surface area contributed by atoms with E-state index in [9.17, 15) is 10.1 Å². The number of nitriles is 1. The Hall–Kier alpha value is -2.42. The maximum absolute atomic E-state index is 11.9. The highest BCUT2D eigenvalue weighted by Crippen LogP contribution is 2.36. The molecular weight excluding hydrogens is 373 g/mol. The van der Waals surface area contributed by atoms with Gasteiger partial charge in [0.05, 0.1) is 17.7 Å². The number of halogens is 2. The van der Waals surface area contributed by atoms with E-state index in [2.05, 4.69) is 17.5 Å². The first-order chi connectivity index (χ1) is 12.4. The second-order valence-electron chi connectivity index (χ2n) is 6.16. The molecule has 134 valence electrons. The van der Waals surface area contributed by atoms with Crippen LogP contribution in [0.1, 0.15) is 22.8 Å². The van der Waals surface area contributed by atoms with E-state index in [0.29, 0.717) is 27.7 Å². The van der Waals surface area contributed by atoms with Crippen molar-refractivity contribution in [2.24, 2.45) is 0 Å². The van der Waals surface area contributed by atoms with Crippen LogP contribution in [0.5, 0.6) is 0 Å². The Morgan fingerprint density at radius 1 is 1.38 bits per heavy atom. The Kier molecular flexibility index (Phi) is 4.99. The summed E-state index contributed by atoms with van der Waals surface area (Å²) < 4.78 is 4.77. The fraction of sp³-hybridized carbons (Fsp3) is 0.263. The van der Waals surface area contributed by atoms with E-state index >= 15 is 0 Å². The van der Waals surface area contributed by atoms with Crippen molar-refractivity contribution in [3.05, 3.63) is 68.0 Å². The van der Waals surface area contributed by atoms with E-state index in [0.717, 1.165) is 16.8 Å². The molecule has 1 unspecified atom stereocenters. The number of ether oxygens (including phenoxy) is 1. The number of rotatable bonds is 3. The van der Waals surface area contributed by atoms with Gasteiger partial charge in [0.1, 0.15) is 17.9 Å². The van der Waals surface area contributed by atoms with Gasteiger partial charge in [-0.05, 0) is 47.9 Å². The topological polar surface area (TPSA) is 65.4 Å². The van der Waals surface area contributed by atoms with E-state index in [4.69, 9.17) is 27.9 Å². The lowest BCUT2D eigenvalue weighted by Gasteiger charge is -2.30. The molecule has 0 spiro atoms. The van der Waals surface area contributed by atoms with Crippen LogP contribution in [0.25, 0.3) is 0 Å². The second kappa shape index (κ2) is 7.06. The summed E-state index contributed by atoms with van der Waals surface area (Å²) in [6.07, 6.45) is 4.24. The molecule has 3 rings (SSSR count). The molecule has 1 atom stereocenters. The summed E-state index contributed by atoms with van der Waals surface area (Å²) in [5.74, 6) is -0.501. The van der Waals surface area contributed by atoms with Crippen molar-refractivity contribution in [3.63, 3.8) is 0 Å². The Morgan fingerprint density at radius 2 is 2.12 bits per heavy atom. The molecule has 1 aromatic rings. The zero-order valence-electron chi connectivity index (χ0n) is 14.6. The van der Waals surface area contributed by atoms with E-state index < -0.39 is 5.97 Å². The van der Waals surface area contributed by atoms with Crippen LogP contribution < -0.4 is 5.32 Å². The molecule has 2 aliphatic rings. The highest BCUT2D eigenvalue weighted by molar-refractivity contribution is 6.38. The number of nitrogens with zero attached hydrogens (tertiary/aromatic N) is 2. The average Bonchev–Trinajstić information content (AvgIpc) is 2.94. The number of benzene rings is 1. The van der Waals surface area contributed by atoms with Gasteiger partial charge in [-0.25, -0.2) is 4.79 Å². The molecule has 1 N–H and O–H groups in total. The average molecular weight is 390 g/mol. The molecule has 0 aromatic heterocycles. The highest BCUT2D eigenvalue weighted by Gasteiger charge is 2.32. The molecule has 5 nitrogen and oxygen atoms in total. The summed E-state index contributed by atoms with van der Waals surface area (Å²) in [7, 11) is 3.25. The van der Waals surface area contributed by atoms with Crippen LogP contribution in [-0.4, -0.2) is 31.2 Å². The van der Waals surface area contributed by atoms with Crippen molar-refractivity contribution in [2.45, 2.75) is 19.5 Å². The van der Waals surface area contributed by atoms with Gasteiger partial charge in [0.2, 0.25) is 0 Å². The maximum Gasteiger partial charge on any atom is 0.339 e. The quantitative estimate of drug-likeness (QED) is 0.796. The van der Waals surface area contributed by atoms with Crippen LogP contribution in [0.2, 0.25) is 10.0 Å². The van der Waals surface area contributed by atoms with Crippen molar-refractivity contribution < 1.29 is 9.53 Å².